The van der Waals surface area contributed by atoms with Crippen LogP contribution in [0.25, 0.3) is 0 Å². The monoisotopic (exact) mass is 570 g/mol. The van der Waals surface area contributed by atoms with Crippen LogP contribution in [0.1, 0.15) is 30.5 Å². The molecule has 0 aliphatic carbocycles. The van der Waals surface area contributed by atoms with Crippen molar-refractivity contribution in [2.45, 2.75) is 39.8 Å². The van der Waals surface area contributed by atoms with Crippen LogP contribution >= 0.6 is 27.5 Å². The standard InChI is InChI=1S/C29H32BrClN2O3/c1-20(2)17-32-29(35)27(16-22-8-5-4-6-9-22)33(18-23-10-7-11-24(30)15-23)28(34)19-36-25-12-13-26(31)21(3)14-25/h4-15,20,27H,16-19H2,1-3H3,(H,32,35)/t27-/m1/s1. The Kier molecular flexibility index (Phi) is 10.4. The van der Waals surface area contributed by atoms with Gasteiger partial charge in [0.1, 0.15) is 11.8 Å². The Labute approximate surface area is 226 Å². The molecule has 0 spiro atoms. The average Bonchev–Trinajstić information content (AvgIpc) is 2.86. The minimum atomic E-state index is -0.701. The summed E-state index contributed by atoms with van der Waals surface area (Å²) in [5, 5.41) is 3.66. The minimum Gasteiger partial charge on any atom is -0.484 e. The van der Waals surface area contributed by atoms with Crippen LogP contribution in [0.2, 0.25) is 5.02 Å². The first kappa shape index (κ1) is 27.8. The second kappa shape index (κ2) is 13.5. The third-order valence-corrected chi connectivity index (χ3v) is 6.61. The molecule has 3 aromatic carbocycles. The van der Waals surface area contributed by atoms with Crippen molar-refractivity contribution in [3.05, 3.63) is 99.0 Å². The largest absolute Gasteiger partial charge is 0.484 e. The quantitative estimate of drug-likeness (QED) is 0.298. The van der Waals surface area contributed by atoms with Gasteiger partial charge in [-0.05, 0) is 59.9 Å². The van der Waals surface area contributed by atoms with Crippen LogP contribution < -0.4 is 10.1 Å². The fourth-order valence-corrected chi connectivity index (χ4v) is 4.31. The molecular weight excluding hydrogens is 540 g/mol. The van der Waals surface area contributed by atoms with E-state index in [2.05, 4.69) is 21.2 Å². The van der Waals surface area contributed by atoms with E-state index in [0.29, 0.717) is 23.7 Å². The Morgan fingerprint density at radius 1 is 1.00 bits per heavy atom. The maximum atomic E-state index is 13.6. The van der Waals surface area contributed by atoms with Crippen LogP contribution in [0.3, 0.4) is 0 Å². The van der Waals surface area contributed by atoms with E-state index in [0.717, 1.165) is 21.2 Å². The molecule has 0 aromatic heterocycles. The zero-order valence-corrected chi connectivity index (χ0v) is 23.2. The molecule has 190 valence electrons. The van der Waals surface area contributed by atoms with E-state index in [1.165, 1.54) is 0 Å². The summed E-state index contributed by atoms with van der Waals surface area (Å²) in [4.78, 5) is 28.7. The van der Waals surface area contributed by atoms with Crippen molar-refractivity contribution in [3.8, 4) is 5.75 Å². The first-order valence-corrected chi connectivity index (χ1v) is 13.1. The van der Waals surface area contributed by atoms with Crippen molar-refractivity contribution >= 4 is 39.3 Å². The molecule has 1 N–H and O–H groups in total. The minimum absolute atomic E-state index is 0.182. The molecule has 36 heavy (non-hydrogen) atoms. The highest BCUT2D eigenvalue weighted by Crippen LogP contribution is 2.22. The Morgan fingerprint density at radius 2 is 1.72 bits per heavy atom. The molecule has 1 atom stereocenters. The molecule has 0 saturated carbocycles. The molecule has 0 bridgehead atoms. The summed E-state index contributed by atoms with van der Waals surface area (Å²) in [6.07, 6.45) is 0.393. The Balaban J connectivity index is 1.90. The number of hydrogen-bond donors (Lipinski definition) is 1. The van der Waals surface area contributed by atoms with Crippen LogP contribution in [0.5, 0.6) is 5.75 Å². The van der Waals surface area contributed by atoms with Gasteiger partial charge in [0.2, 0.25) is 5.91 Å². The van der Waals surface area contributed by atoms with E-state index in [-0.39, 0.29) is 30.9 Å². The van der Waals surface area contributed by atoms with Crippen LogP contribution in [-0.2, 0) is 22.6 Å². The number of nitrogens with zero attached hydrogens (tertiary/aromatic N) is 1. The van der Waals surface area contributed by atoms with Gasteiger partial charge >= 0.3 is 0 Å². The van der Waals surface area contributed by atoms with Crippen molar-refractivity contribution in [1.82, 2.24) is 10.2 Å². The van der Waals surface area contributed by atoms with E-state index in [4.69, 9.17) is 16.3 Å². The highest BCUT2D eigenvalue weighted by molar-refractivity contribution is 9.10. The zero-order chi connectivity index (χ0) is 26.1. The topological polar surface area (TPSA) is 58.6 Å². The number of carbonyl (C=O) groups is 2. The molecule has 3 aromatic rings. The molecule has 0 aliphatic heterocycles. The summed E-state index contributed by atoms with van der Waals surface area (Å²) < 4.78 is 6.74. The van der Waals surface area contributed by atoms with Gasteiger partial charge in [-0.2, -0.15) is 0 Å². The normalized spacial score (nSPS) is 11.7. The smallest absolute Gasteiger partial charge is 0.261 e. The average molecular weight is 572 g/mol. The molecule has 0 fully saturated rings. The van der Waals surface area contributed by atoms with E-state index in [1.54, 1.807) is 23.1 Å². The van der Waals surface area contributed by atoms with Crippen molar-refractivity contribution in [1.29, 1.82) is 0 Å². The van der Waals surface area contributed by atoms with Crippen LogP contribution in [0, 0.1) is 12.8 Å². The molecule has 2 amide bonds. The molecule has 0 heterocycles. The lowest BCUT2D eigenvalue weighted by Crippen LogP contribution is -2.52. The molecule has 0 radical (unpaired) electrons. The first-order chi connectivity index (χ1) is 17.2. The van der Waals surface area contributed by atoms with Gasteiger partial charge in [-0.25, -0.2) is 0 Å². The number of rotatable bonds is 11. The Morgan fingerprint density at radius 3 is 2.39 bits per heavy atom. The van der Waals surface area contributed by atoms with Crippen molar-refractivity contribution in [2.75, 3.05) is 13.2 Å². The molecule has 0 aliphatic rings. The van der Waals surface area contributed by atoms with Crippen LogP contribution in [0.15, 0.2) is 77.3 Å². The Hall–Kier alpha value is -2.83. The van der Waals surface area contributed by atoms with Gasteiger partial charge in [0.25, 0.3) is 5.91 Å². The lowest BCUT2D eigenvalue weighted by Gasteiger charge is -2.31. The first-order valence-electron chi connectivity index (χ1n) is 12.0. The number of nitrogens with one attached hydrogen (secondary N) is 1. The lowest BCUT2D eigenvalue weighted by molar-refractivity contribution is -0.142. The van der Waals surface area contributed by atoms with E-state index in [1.807, 2.05) is 75.4 Å². The highest BCUT2D eigenvalue weighted by Gasteiger charge is 2.30. The van der Waals surface area contributed by atoms with E-state index < -0.39 is 6.04 Å². The predicted octanol–water partition coefficient (Wildman–Crippen LogP) is 6.20. The fourth-order valence-electron chi connectivity index (χ4n) is 3.74. The molecular formula is C29H32BrClN2O3. The van der Waals surface area contributed by atoms with E-state index in [9.17, 15) is 9.59 Å². The summed E-state index contributed by atoms with van der Waals surface area (Å²) in [6.45, 7) is 6.57. The van der Waals surface area contributed by atoms with Crippen molar-refractivity contribution < 1.29 is 14.3 Å². The zero-order valence-electron chi connectivity index (χ0n) is 20.8. The van der Waals surface area contributed by atoms with Crippen molar-refractivity contribution in [2.24, 2.45) is 5.92 Å². The van der Waals surface area contributed by atoms with Gasteiger partial charge in [0.05, 0.1) is 0 Å². The van der Waals surface area contributed by atoms with Gasteiger partial charge in [0.15, 0.2) is 6.61 Å². The SMILES string of the molecule is Cc1cc(OCC(=O)N(Cc2cccc(Br)c2)[C@H](Cc2ccccc2)C(=O)NCC(C)C)ccc1Cl. The third kappa shape index (κ3) is 8.38. The number of hydrogen-bond acceptors (Lipinski definition) is 3. The maximum Gasteiger partial charge on any atom is 0.261 e. The summed E-state index contributed by atoms with van der Waals surface area (Å²) >= 11 is 9.63. The fraction of sp³-hybridized carbons (Fsp3) is 0.310. The molecule has 7 heteroatoms. The van der Waals surface area contributed by atoms with Gasteiger partial charge in [-0.3, -0.25) is 9.59 Å². The molecule has 5 nitrogen and oxygen atoms in total. The van der Waals surface area contributed by atoms with Gasteiger partial charge < -0.3 is 15.0 Å². The predicted molar refractivity (Wildman–Crippen MR) is 148 cm³/mol. The number of ether oxygens (including phenoxy) is 1. The number of amides is 2. The second-order valence-corrected chi connectivity index (χ2v) is 10.5. The number of halogens is 2. The molecule has 3 rings (SSSR count). The van der Waals surface area contributed by atoms with E-state index >= 15 is 0 Å². The second-order valence-electron chi connectivity index (χ2n) is 9.20. The van der Waals surface area contributed by atoms with Gasteiger partial charge in [-0.1, -0.05) is 83.8 Å². The maximum absolute atomic E-state index is 13.6. The van der Waals surface area contributed by atoms with Gasteiger partial charge in [-0.15, -0.1) is 0 Å². The number of benzene rings is 3. The van der Waals surface area contributed by atoms with Crippen LogP contribution in [-0.4, -0.2) is 35.9 Å². The van der Waals surface area contributed by atoms with Crippen molar-refractivity contribution in [3.63, 3.8) is 0 Å². The molecule has 0 saturated heterocycles. The Bertz CT molecular complexity index is 1170. The summed E-state index contributed by atoms with van der Waals surface area (Å²) in [5.41, 5.74) is 2.75. The van der Waals surface area contributed by atoms with Crippen LogP contribution in [0.4, 0.5) is 0 Å². The summed E-state index contributed by atoms with van der Waals surface area (Å²) in [6, 6.07) is 22.1. The number of aryl methyl sites for hydroxylation is 1. The van der Waals surface area contributed by atoms with Gasteiger partial charge in [0, 0.05) is 29.0 Å². The third-order valence-electron chi connectivity index (χ3n) is 5.69. The lowest BCUT2D eigenvalue weighted by atomic mass is 10.0. The molecule has 0 unspecified atom stereocenters. The summed E-state index contributed by atoms with van der Waals surface area (Å²) in [7, 11) is 0. The summed E-state index contributed by atoms with van der Waals surface area (Å²) in [5.74, 6) is 0.384. The highest BCUT2D eigenvalue weighted by atomic mass is 79.9. The number of carbonyl (C=O) groups excluding carboxylic acids is 2.